The molecule has 0 radical (unpaired) electrons. The molecule has 6 heteroatoms. The zero-order valence-corrected chi connectivity index (χ0v) is 24.0. The molecule has 1 aromatic rings. The fourth-order valence-electron chi connectivity index (χ4n) is 7.32. The highest BCUT2D eigenvalue weighted by molar-refractivity contribution is 6.41. The number of carbonyl (C=O) groups is 3. The molecule has 210 valence electrons. The van der Waals surface area contributed by atoms with Crippen molar-refractivity contribution in [2.24, 2.45) is 22.7 Å². The van der Waals surface area contributed by atoms with Crippen LogP contribution in [0.5, 0.6) is 0 Å². The minimum Gasteiger partial charge on any atom is -0.506 e. The third-order valence-corrected chi connectivity index (χ3v) is 9.47. The summed E-state index contributed by atoms with van der Waals surface area (Å²) in [5.41, 5.74) is -4.19. The second-order valence-corrected chi connectivity index (χ2v) is 13.1. The molecule has 4 rings (SSSR count). The van der Waals surface area contributed by atoms with Crippen LogP contribution in [0.2, 0.25) is 0 Å². The van der Waals surface area contributed by atoms with Gasteiger partial charge < -0.3 is 15.3 Å². The van der Waals surface area contributed by atoms with Gasteiger partial charge in [0, 0.05) is 5.56 Å². The molecule has 3 N–H and O–H groups in total. The zero-order chi connectivity index (χ0) is 29.0. The second kappa shape index (κ2) is 9.97. The van der Waals surface area contributed by atoms with Gasteiger partial charge in [0.2, 0.25) is 0 Å². The number of hydrogen-bond donors (Lipinski definition) is 3. The van der Waals surface area contributed by atoms with Crippen LogP contribution in [0.4, 0.5) is 0 Å². The van der Waals surface area contributed by atoms with Crippen LogP contribution >= 0.6 is 0 Å². The molecule has 0 amide bonds. The van der Waals surface area contributed by atoms with Crippen LogP contribution in [-0.4, -0.2) is 43.9 Å². The summed E-state index contributed by atoms with van der Waals surface area (Å²) >= 11 is 0. The van der Waals surface area contributed by atoms with Gasteiger partial charge in [-0.25, -0.2) is 0 Å². The number of allylic oxidation sites excluding steroid dienone is 5. The number of hydrogen-bond acceptors (Lipinski definition) is 6. The fourth-order valence-corrected chi connectivity index (χ4v) is 7.32. The highest BCUT2D eigenvalue weighted by Crippen LogP contribution is 2.62. The molecular formula is C33H42O6. The lowest BCUT2D eigenvalue weighted by Gasteiger charge is -2.54. The Bertz CT molecular complexity index is 1250. The van der Waals surface area contributed by atoms with E-state index in [1.54, 1.807) is 44.2 Å². The van der Waals surface area contributed by atoms with Crippen molar-refractivity contribution in [3.63, 3.8) is 0 Å². The first-order valence-corrected chi connectivity index (χ1v) is 13.9. The number of fused-ring (bicyclic) bond motifs is 1. The molecule has 1 aromatic carbocycles. The smallest absolute Gasteiger partial charge is 0.184 e. The van der Waals surface area contributed by atoms with Crippen LogP contribution in [0.15, 0.2) is 59.2 Å². The number of ketones is 3. The molecule has 0 aliphatic heterocycles. The van der Waals surface area contributed by atoms with Gasteiger partial charge in [-0.1, -0.05) is 53.6 Å². The number of aliphatic hydroxyl groups excluding tert-OH is 1. The van der Waals surface area contributed by atoms with Crippen LogP contribution in [0.3, 0.4) is 0 Å². The van der Waals surface area contributed by atoms with Gasteiger partial charge in [-0.2, -0.15) is 0 Å². The normalized spacial score (nSPS) is 35.0. The van der Waals surface area contributed by atoms with Crippen molar-refractivity contribution in [3.05, 3.63) is 64.8 Å². The zero-order valence-electron chi connectivity index (χ0n) is 24.0. The Hall–Kier alpha value is -2.83. The molecule has 3 aliphatic carbocycles. The average Bonchev–Trinajstić information content (AvgIpc) is 3.17. The van der Waals surface area contributed by atoms with Crippen molar-refractivity contribution in [1.29, 1.82) is 0 Å². The Kier molecular flexibility index (Phi) is 7.46. The summed E-state index contributed by atoms with van der Waals surface area (Å²) in [5, 5.41) is 34.5. The van der Waals surface area contributed by atoms with Crippen molar-refractivity contribution in [2.75, 3.05) is 0 Å². The molecule has 0 heterocycles. The van der Waals surface area contributed by atoms with Gasteiger partial charge in [-0.05, 0) is 91.9 Å². The van der Waals surface area contributed by atoms with Gasteiger partial charge in [0.05, 0.1) is 16.6 Å². The fraction of sp³-hybridized carbons (Fsp3) is 0.545. The minimum atomic E-state index is -1.75. The van der Waals surface area contributed by atoms with E-state index in [4.69, 9.17) is 0 Å². The first-order valence-electron chi connectivity index (χ1n) is 13.9. The Balaban J connectivity index is 2.04. The van der Waals surface area contributed by atoms with Gasteiger partial charge in [0.1, 0.15) is 16.7 Å². The van der Waals surface area contributed by atoms with E-state index in [0.29, 0.717) is 18.4 Å². The molecule has 3 fully saturated rings. The maximum atomic E-state index is 14.9. The monoisotopic (exact) mass is 534 g/mol. The third-order valence-electron chi connectivity index (χ3n) is 9.47. The lowest BCUT2D eigenvalue weighted by molar-refractivity contribution is -0.175. The molecule has 6 nitrogen and oxygen atoms in total. The quantitative estimate of drug-likeness (QED) is 0.147. The summed E-state index contributed by atoms with van der Waals surface area (Å²) in [6.45, 7) is 10.9. The van der Waals surface area contributed by atoms with E-state index in [9.17, 15) is 29.7 Å². The Morgan fingerprint density at radius 1 is 0.872 bits per heavy atom. The van der Waals surface area contributed by atoms with Gasteiger partial charge in [-0.3, -0.25) is 14.4 Å². The second-order valence-electron chi connectivity index (χ2n) is 13.1. The van der Waals surface area contributed by atoms with E-state index >= 15 is 0 Å². The summed E-state index contributed by atoms with van der Waals surface area (Å²) in [6.07, 6.45) is 4.74. The highest BCUT2D eigenvalue weighted by atomic mass is 16.3. The van der Waals surface area contributed by atoms with Gasteiger partial charge in [-0.15, -0.1) is 0 Å². The van der Waals surface area contributed by atoms with Crippen LogP contribution in [-0.2, 0) is 14.4 Å². The Labute approximate surface area is 231 Å². The molecule has 0 bridgehead atoms. The molecule has 39 heavy (non-hydrogen) atoms. The van der Waals surface area contributed by atoms with Crippen molar-refractivity contribution < 1.29 is 29.7 Å². The first-order chi connectivity index (χ1) is 18.1. The number of aliphatic hydroxyl groups is 3. The SMILES string of the molecule is CC(C)=CCC1(CC=C(C)C)C(=O)/C(=C(\O)c2ccccc2)C(=O)[C@@]2(C[C@H]3[C@@H](CC[C@@]3(C)O)[C@](C)(O)C2)C1=O. The van der Waals surface area contributed by atoms with E-state index in [1.165, 1.54) is 0 Å². The maximum absolute atomic E-state index is 14.9. The van der Waals surface area contributed by atoms with E-state index in [0.717, 1.165) is 11.1 Å². The van der Waals surface area contributed by atoms with Gasteiger partial charge >= 0.3 is 0 Å². The molecule has 3 aliphatic rings. The van der Waals surface area contributed by atoms with Crippen LogP contribution < -0.4 is 0 Å². The predicted octanol–water partition coefficient (Wildman–Crippen LogP) is 5.68. The molecule has 5 atom stereocenters. The third kappa shape index (κ3) is 4.76. The van der Waals surface area contributed by atoms with Gasteiger partial charge in [0.25, 0.3) is 0 Å². The minimum absolute atomic E-state index is 0.0305. The molecule has 0 unspecified atom stereocenters. The molecule has 0 saturated heterocycles. The number of rotatable bonds is 5. The number of Topliss-reactive ketones (excluding diaryl/α,β-unsaturated/α-hetero) is 3. The van der Waals surface area contributed by atoms with E-state index in [-0.39, 0.29) is 37.2 Å². The number of carbonyl (C=O) groups excluding carboxylic acids is 3. The lowest BCUT2D eigenvalue weighted by atomic mass is 9.47. The average molecular weight is 535 g/mol. The first kappa shape index (κ1) is 29.2. The summed E-state index contributed by atoms with van der Waals surface area (Å²) in [5.74, 6) is -3.17. The van der Waals surface area contributed by atoms with E-state index in [1.807, 2.05) is 39.8 Å². The van der Waals surface area contributed by atoms with Crippen molar-refractivity contribution in [2.45, 2.75) is 91.3 Å². The van der Waals surface area contributed by atoms with Crippen LogP contribution in [0.1, 0.15) is 85.6 Å². The molecule has 1 spiro atoms. The van der Waals surface area contributed by atoms with Crippen LogP contribution in [0, 0.1) is 22.7 Å². The van der Waals surface area contributed by atoms with Crippen molar-refractivity contribution >= 4 is 23.1 Å². The standard InChI is InChI=1S/C33H42O6/c1-20(2)12-16-32(17-13-21(3)4)27(35)25(26(34)22-10-8-7-9-11-22)28(36)33(29(32)37)18-24-23(31(6,39)19-33)14-15-30(24,5)38/h7-13,23-24,34,38-39H,14-19H2,1-6H3/b26-25+/t23-,24+,30-,31-,33+/m1/s1. The summed E-state index contributed by atoms with van der Waals surface area (Å²) in [6, 6.07) is 8.42. The highest BCUT2D eigenvalue weighted by Gasteiger charge is 2.70. The summed E-state index contributed by atoms with van der Waals surface area (Å²) in [7, 11) is 0. The topological polar surface area (TPSA) is 112 Å². The summed E-state index contributed by atoms with van der Waals surface area (Å²) < 4.78 is 0. The van der Waals surface area contributed by atoms with E-state index < -0.39 is 51.1 Å². The number of benzene rings is 1. The van der Waals surface area contributed by atoms with Gasteiger partial charge in [0.15, 0.2) is 17.3 Å². The molecule has 0 aromatic heterocycles. The van der Waals surface area contributed by atoms with E-state index in [2.05, 4.69) is 0 Å². The predicted molar refractivity (Wildman–Crippen MR) is 151 cm³/mol. The Morgan fingerprint density at radius 2 is 1.44 bits per heavy atom. The maximum Gasteiger partial charge on any atom is 0.184 e. The van der Waals surface area contributed by atoms with Crippen LogP contribution in [0.25, 0.3) is 5.76 Å². The largest absolute Gasteiger partial charge is 0.506 e. The summed E-state index contributed by atoms with van der Waals surface area (Å²) in [4.78, 5) is 43.8. The Morgan fingerprint density at radius 3 is 1.97 bits per heavy atom. The lowest BCUT2D eigenvalue weighted by Crippen LogP contribution is -2.65. The molecule has 3 saturated carbocycles. The molecular weight excluding hydrogens is 492 g/mol. The van der Waals surface area contributed by atoms with Crippen molar-refractivity contribution in [1.82, 2.24) is 0 Å². The van der Waals surface area contributed by atoms with Crippen molar-refractivity contribution in [3.8, 4) is 0 Å².